The molecule has 8 heteroatoms. The van der Waals surface area contributed by atoms with Crippen molar-refractivity contribution in [3.05, 3.63) is 107 Å². The van der Waals surface area contributed by atoms with Crippen LogP contribution in [-0.2, 0) is 25.4 Å². The van der Waals surface area contributed by atoms with Crippen molar-refractivity contribution in [2.24, 2.45) is 0 Å². The molecule has 0 spiro atoms. The zero-order valence-corrected chi connectivity index (χ0v) is 18.5. The van der Waals surface area contributed by atoms with Crippen LogP contribution in [0.5, 0.6) is 11.5 Å². The number of alkyl halides is 6. The molecule has 182 valence electrons. The Labute approximate surface area is 197 Å². The Morgan fingerprint density at radius 1 is 0.686 bits per heavy atom. The molecule has 4 aromatic carbocycles. The average molecular weight is 490 g/mol. The normalized spacial score (nSPS) is 12.1. The molecule has 4 aromatic rings. The largest absolute Gasteiger partial charge is 0.496 e. The third kappa shape index (κ3) is 5.37. The van der Waals surface area contributed by atoms with Gasteiger partial charge in [-0.2, -0.15) is 26.3 Å². The number of rotatable bonds is 6. The highest BCUT2D eigenvalue weighted by molar-refractivity contribution is 5.91. The van der Waals surface area contributed by atoms with E-state index in [-0.39, 0.29) is 6.61 Å². The van der Waals surface area contributed by atoms with E-state index in [4.69, 9.17) is 9.47 Å². The van der Waals surface area contributed by atoms with Crippen molar-refractivity contribution in [3.8, 4) is 11.5 Å². The van der Waals surface area contributed by atoms with Crippen LogP contribution >= 0.6 is 0 Å². The molecule has 0 bridgehead atoms. The van der Waals surface area contributed by atoms with Crippen LogP contribution in [0.4, 0.5) is 26.3 Å². The summed E-state index contributed by atoms with van der Waals surface area (Å²) in [7, 11) is 1.44. The number of fused-ring (bicyclic) bond motifs is 1. The maximum absolute atomic E-state index is 14.1. The number of halogens is 6. The molecule has 4 rings (SSSR count). The molecule has 0 saturated carbocycles. The Morgan fingerprint density at radius 3 is 1.83 bits per heavy atom. The van der Waals surface area contributed by atoms with Crippen LogP contribution in [0.25, 0.3) is 10.8 Å². The Morgan fingerprint density at radius 2 is 1.26 bits per heavy atom. The van der Waals surface area contributed by atoms with Crippen LogP contribution in [0.15, 0.2) is 78.9 Å². The highest BCUT2D eigenvalue weighted by atomic mass is 19.4. The fourth-order valence-corrected chi connectivity index (χ4v) is 4.02. The van der Waals surface area contributed by atoms with Gasteiger partial charge in [0.25, 0.3) is 0 Å². The molecule has 0 atom stereocenters. The van der Waals surface area contributed by atoms with Crippen LogP contribution in [0.1, 0.15) is 27.8 Å². The summed E-state index contributed by atoms with van der Waals surface area (Å²) in [4.78, 5) is 0. The summed E-state index contributed by atoms with van der Waals surface area (Å²) in [5.74, 6) is -0.0297. The van der Waals surface area contributed by atoms with Crippen molar-refractivity contribution in [1.82, 2.24) is 0 Å². The maximum atomic E-state index is 14.1. The zero-order valence-electron chi connectivity index (χ0n) is 18.5. The predicted octanol–water partition coefficient (Wildman–Crippen LogP) is 8.06. The lowest BCUT2D eigenvalue weighted by Gasteiger charge is -2.21. The van der Waals surface area contributed by atoms with E-state index < -0.39 is 41.2 Å². The summed E-state index contributed by atoms with van der Waals surface area (Å²) in [6.45, 7) is -0.169. The van der Waals surface area contributed by atoms with Crippen molar-refractivity contribution in [1.29, 1.82) is 0 Å². The molecule has 35 heavy (non-hydrogen) atoms. The van der Waals surface area contributed by atoms with Gasteiger partial charge in [0.05, 0.1) is 18.2 Å². The first-order chi connectivity index (χ1) is 16.6. The summed E-state index contributed by atoms with van der Waals surface area (Å²) in [5, 5.41) is 1.11. The van der Waals surface area contributed by atoms with Crippen LogP contribution in [-0.4, -0.2) is 7.11 Å². The fourth-order valence-electron chi connectivity index (χ4n) is 4.02. The number of benzene rings is 4. The molecule has 0 radical (unpaired) electrons. The van der Waals surface area contributed by atoms with Crippen LogP contribution < -0.4 is 9.47 Å². The maximum Gasteiger partial charge on any atom is 0.416 e. The molecule has 0 fully saturated rings. The van der Waals surface area contributed by atoms with Gasteiger partial charge >= 0.3 is 12.4 Å². The standard InChI is InChI=1S/C27H20F6O2/c1-34-25-12-11-18(20-9-5-6-10-21(20)25)13-22-23(26(28,29)30)14-19(15-24(22)27(31,32)33)35-16-17-7-3-2-4-8-17/h2-12,14-15H,13,16H2,1H3. The lowest BCUT2D eigenvalue weighted by atomic mass is 9.91. The first-order valence-corrected chi connectivity index (χ1v) is 10.6. The first-order valence-electron chi connectivity index (χ1n) is 10.6. The topological polar surface area (TPSA) is 18.5 Å². The van der Waals surface area contributed by atoms with Gasteiger partial charge < -0.3 is 9.47 Å². The quantitative estimate of drug-likeness (QED) is 0.255. The van der Waals surface area contributed by atoms with E-state index in [1.807, 2.05) is 0 Å². The first kappa shape index (κ1) is 24.4. The highest BCUT2D eigenvalue weighted by Crippen LogP contribution is 2.44. The van der Waals surface area contributed by atoms with Gasteiger partial charge in [0.1, 0.15) is 18.1 Å². The second-order valence-corrected chi connectivity index (χ2v) is 7.92. The van der Waals surface area contributed by atoms with Gasteiger partial charge in [0.2, 0.25) is 0 Å². The van der Waals surface area contributed by atoms with E-state index >= 15 is 0 Å². The van der Waals surface area contributed by atoms with Crippen LogP contribution in [0.3, 0.4) is 0 Å². The summed E-state index contributed by atoms with van der Waals surface area (Å²) < 4.78 is 95.0. The van der Waals surface area contributed by atoms with Crippen molar-refractivity contribution in [3.63, 3.8) is 0 Å². The fraction of sp³-hybridized carbons (Fsp3) is 0.185. The summed E-state index contributed by atoms with van der Waals surface area (Å²) in [5.41, 5.74) is -2.68. The minimum absolute atomic E-state index is 0.169. The minimum atomic E-state index is -5.02. The number of hydrogen-bond acceptors (Lipinski definition) is 2. The lowest BCUT2D eigenvalue weighted by Crippen LogP contribution is -2.17. The summed E-state index contributed by atoms with van der Waals surface area (Å²) in [6, 6.07) is 19.5. The molecule has 0 amide bonds. The molecule has 0 N–H and O–H groups in total. The van der Waals surface area contributed by atoms with Gasteiger partial charge in [0, 0.05) is 5.39 Å². The summed E-state index contributed by atoms with van der Waals surface area (Å²) in [6.07, 6.45) is -10.6. The Bertz CT molecular complexity index is 1290. The number of hydrogen-bond donors (Lipinski definition) is 0. The van der Waals surface area contributed by atoms with Crippen molar-refractivity contribution >= 4 is 10.8 Å². The average Bonchev–Trinajstić information content (AvgIpc) is 2.82. The smallest absolute Gasteiger partial charge is 0.416 e. The van der Waals surface area contributed by atoms with E-state index in [2.05, 4.69) is 0 Å². The number of methoxy groups -OCH3 is 1. The molecule has 0 aromatic heterocycles. The molecule has 0 unspecified atom stereocenters. The zero-order chi connectivity index (χ0) is 25.2. The highest BCUT2D eigenvalue weighted by Gasteiger charge is 2.41. The van der Waals surface area contributed by atoms with Crippen LogP contribution in [0.2, 0.25) is 0 Å². The molecule has 0 saturated heterocycles. The van der Waals surface area contributed by atoms with Gasteiger partial charge in [0.15, 0.2) is 0 Å². The third-order valence-corrected chi connectivity index (χ3v) is 5.64. The second kappa shape index (κ2) is 9.52. The monoisotopic (exact) mass is 490 g/mol. The van der Waals surface area contributed by atoms with Gasteiger partial charge in [-0.25, -0.2) is 0 Å². The van der Waals surface area contributed by atoms with E-state index in [1.165, 1.54) is 19.2 Å². The lowest BCUT2D eigenvalue weighted by molar-refractivity contribution is -0.144. The molecule has 0 aliphatic heterocycles. The van der Waals surface area contributed by atoms with Gasteiger partial charge in [-0.05, 0) is 46.7 Å². The Kier molecular flexibility index (Phi) is 6.65. The van der Waals surface area contributed by atoms with E-state index in [9.17, 15) is 26.3 Å². The Hall–Kier alpha value is -3.68. The number of ether oxygens (including phenoxy) is 2. The van der Waals surface area contributed by atoms with E-state index in [0.29, 0.717) is 39.8 Å². The minimum Gasteiger partial charge on any atom is -0.496 e. The van der Waals surface area contributed by atoms with Crippen molar-refractivity contribution < 1.29 is 35.8 Å². The molecule has 0 heterocycles. The third-order valence-electron chi connectivity index (χ3n) is 5.64. The molecule has 0 aliphatic rings. The Balaban J connectivity index is 1.84. The van der Waals surface area contributed by atoms with Crippen LogP contribution in [0, 0.1) is 0 Å². The molecular weight excluding hydrogens is 470 g/mol. The molecule has 0 aliphatic carbocycles. The van der Waals surface area contributed by atoms with Gasteiger partial charge in [-0.15, -0.1) is 0 Å². The second-order valence-electron chi connectivity index (χ2n) is 7.92. The SMILES string of the molecule is COc1ccc(Cc2c(C(F)(F)F)cc(OCc3ccccc3)cc2C(F)(F)F)c2ccccc12. The van der Waals surface area contributed by atoms with Crippen molar-refractivity contribution in [2.75, 3.05) is 7.11 Å². The molecular formula is C27H20F6O2. The van der Waals surface area contributed by atoms with E-state index in [1.54, 1.807) is 54.6 Å². The predicted molar refractivity (Wildman–Crippen MR) is 121 cm³/mol. The van der Waals surface area contributed by atoms with Crippen molar-refractivity contribution in [2.45, 2.75) is 25.4 Å². The molecule has 2 nitrogen and oxygen atoms in total. The summed E-state index contributed by atoms with van der Waals surface area (Å²) >= 11 is 0. The van der Waals surface area contributed by atoms with Gasteiger partial charge in [-0.3, -0.25) is 0 Å². The van der Waals surface area contributed by atoms with Gasteiger partial charge in [-0.1, -0.05) is 60.7 Å². The van der Waals surface area contributed by atoms with E-state index in [0.717, 1.165) is 0 Å².